The summed E-state index contributed by atoms with van der Waals surface area (Å²) in [6, 6.07) is 9.62. The van der Waals surface area contributed by atoms with Crippen molar-refractivity contribution in [2.24, 2.45) is 0 Å². The zero-order valence-corrected chi connectivity index (χ0v) is 10.7. The normalized spacial score (nSPS) is 29.6. The van der Waals surface area contributed by atoms with Crippen LogP contribution in [0.15, 0.2) is 30.3 Å². The summed E-state index contributed by atoms with van der Waals surface area (Å²) in [6.07, 6.45) is -2.47. The summed E-state index contributed by atoms with van der Waals surface area (Å²) in [5.41, 5.74) is 1.02. The number of halogens is 1. The number of fused-ring (bicyclic) bond motifs is 2. The Hall–Kier alpha value is -1.43. The van der Waals surface area contributed by atoms with E-state index in [1.165, 1.54) is 0 Å². The maximum Gasteiger partial charge on any atom is 0.255 e. The SMILES string of the molecule is O=C(Cl)[C@@H]1O[C@H]2CN(Cc3ccccc3)C(=O)[C@@H]1O2. The van der Waals surface area contributed by atoms with Crippen molar-refractivity contribution in [3.63, 3.8) is 0 Å². The lowest BCUT2D eigenvalue weighted by atomic mass is 10.1. The highest BCUT2D eigenvalue weighted by Crippen LogP contribution is 2.29. The van der Waals surface area contributed by atoms with Crippen LogP contribution in [-0.2, 0) is 25.6 Å². The first-order valence-corrected chi connectivity index (χ1v) is 6.36. The van der Waals surface area contributed by atoms with Crippen molar-refractivity contribution in [2.45, 2.75) is 25.0 Å². The fourth-order valence-corrected chi connectivity index (χ4v) is 2.51. The van der Waals surface area contributed by atoms with Crippen molar-refractivity contribution in [3.05, 3.63) is 35.9 Å². The third-order valence-corrected chi connectivity index (χ3v) is 3.45. The number of rotatable bonds is 3. The minimum Gasteiger partial charge on any atom is -0.335 e. The zero-order valence-electron chi connectivity index (χ0n) is 9.99. The van der Waals surface area contributed by atoms with Gasteiger partial charge in [0.1, 0.15) is 0 Å². The van der Waals surface area contributed by atoms with Crippen LogP contribution in [0.25, 0.3) is 0 Å². The summed E-state index contributed by atoms with van der Waals surface area (Å²) >= 11 is 5.41. The van der Waals surface area contributed by atoms with E-state index in [9.17, 15) is 9.59 Å². The number of nitrogens with zero attached hydrogens (tertiary/aromatic N) is 1. The third kappa shape index (κ3) is 2.36. The quantitative estimate of drug-likeness (QED) is 0.773. The van der Waals surface area contributed by atoms with Crippen LogP contribution in [-0.4, -0.2) is 41.1 Å². The Morgan fingerprint density at radius 3 is 2.74 bits per heavy atom. The molecule has 0 N–H and O–H groups in total. The molecule has 5 nitrogen and oxygen atoms in total. The first kappa shape index (κ1) is 12.6. The maximum atomic E-state index is 12.2. The highest BCUT2D eigenvalue weighted by atomic mass is 35.5. The van der Waals surface area contributed by atoms with Crippen LogP contribution in [0, 0.1) is 0 Å². The molecular weight excluding hydrogens is 270 g/mol. The van der Waals surface area contributed by atoms with Gasteiger partial charge in [0, 0.05) is 6.54 Å². The average molecular weight is 282 g/mol. The number of ether oxygens (including phenoxy) is 2. The molecule has 0 saturated carbocycles. The van der Waals surface area contributed by atoms with E-state index in [-0.39, 0.29) is 5.91 Å². The minimum atomic E-state index is -0.986. The van der Waals surface area contributed by atoms with E-state index >= 15 is 0 Å². The molecule has 100 valence electrons. The van der Waals surface area contributed by atoms with E-state index < -0.39 is 23.7 Å². The second-order valence-corrected chi connectivity index (χ2v) is 4.92. The van der Waals surface area contributed by atoms with Gasteiger partial charge in [-0.1, -0.05) is 30.3 Å². The van der Waals surface area contributed by atoms with Gasteiger partial charge >= 0.3 is 0 Å². The lowest BCUT2D eigenvalue weighted by Gasteiger charge is -2.30. The van der Waals surface area contributed by atoms with Crippen molar-refractivity contribution in [1.29, 1.82) is 0 Å². The molecule has 19 heavy (non-hydrogen) atoms. The second kappa shape index (κ2) is 4.92. The van der Waals surface area contributed by atoms with E-state index in [1.807, 2.05) is 30.3 Å². The Kier molecular flexibility index (Phi) is 3.26. The minimum absolute atomic E-state index is 0.253. The van der Waals surface area contributed by atoms with Crippen molar-refractivity contribution < 1.29 is 19.1 Å². The van der Waals surface area contributed by atoms with Gasteiger partial charge in [-0.15, -0.1) is 0 Å². The Morgan fingerprint density at radius 2 is 2.05 bits per heavy atom. The molecule has 2 fully saturated rings. The van der Waals surface area contributed by atoms with E-state index in [4.69, 9.17) is 21.1 Å². The topological polar surface area (TPSA) is 55.8 Å². The standard InChI is InChI=1S/C13H12ClNO4/c14-12(16)10-11-13(17)15(7-9(18-10)19-11)6-8-4-2-1-3-5-8/h1-5,9-11H,6-7H2/t9-,10-,11-/m1/s1. The molecule has 0 spiro atoms. The molecule has 2 aliphatic heterocycles. The monoisotopic (exact) mass is 281 g/mol. The van der Waals surface area contributed by atoms with Gasteiger partial charge in [0.15, 0.2) is 18.5 Å². The molecule has 2 saturated heterocycles. The van der Waals surface area contributed by atoms with E-state index in [0.29, 0.717) is 13.1 Å². The van der Waals surface area contributed by atoms with E-state index in [1.54, 1.807) is 4.90 Å². The summed E-state index contributed by atoms with van der Waals surface area (Å²) in [4.78, 5) is 25.0. The Balaban J connectivity index is 1.76. The number of benzene rings is 1. The molecule has 1 aromatic rings. The largest absolute Gasteiger partial charge is 0.335 e. The highest BCUT2D eigenvalue weighted by molar-refractivity contribution is 6.64. The third-order valence-electron chi connectivity index (χ3n) is 3.24. The van der Waals surface area contributed by atoms with Gasteiger partial charge in [0.2, 0.25) is 0 Å². The molecule has 1 amide bonds. The van der Waals surface area contributed by atoms with Crippen LogP contribution in [0.2, 0.25) is 0 Å². The van der Waals surface area contributed by atoms with Crippen LogP contribution >= 0.6 is 11.6 Å². The zero-order chi connectivity index (χ0) is 13.4. The van der Waals surface area contributed by atoms with Gasteiger partial charge in [-0.25, -0.2) is 0 Å². The summed E-state index contributed by atoms with van der Waals surface area (Å²) in [5, 5.41) is -0.692. The number of hydrogen-bond acceptors (Lipinski definition) is 4. The Bertz CT molecular complexity index is 507. The summed E-state index contributed by atoms with van der Waals surface area (Å²) in [7, 11) is 0. The Labute approximate surface area is 115 Å². The van der Waals surface area contributed by atoms with Gasteiger partial charge in [-0.05, 0) is 17.2 Å². The van der Waals surface area contributed by atoms with Gasteiger partial charge in [0.05, 0.1) is 6.54 Å². The van der Waals surface area contributed by atoms with Gasteiger partial charge in [-0.3, -0.25) is 9.59 Å². The van der Waals surface area contributed by atoms with Crippen LogP contribution in [0.1, 0.15) is 5.56 Å². The molecule has 0 unspecified atom stereocenters. The van der Waals surface area contributed by atoms with Crippen molar-refractivity contribution in [1.82, 2.24) is 4.90 Å². The van der Waals surface area contributed by atoms with Gasteiger partial charge < -0.3 is 14.4 Å². The fourth-order valence-electron chi connectivity index (χ4n) is 2.34. The van der Waals surface area contributed by atoms with Crippen molar-refractivity contribution in [3.8, 4) is 0 Å². The summed E-state index contributed by atoms with van der Waals surface area (Å²) in [6.45, 7) is 0.785. The average Bonchev–Trinajstić information content (AvgIpc) is 2.77. The molecule has 3 atom stereocenters. The molecule has 1 aromatic carbocycles. The number of carbonyl (C=O) groups is 2. The van der Waals surface area contributed by atoms with Gasteiger partial charge in [-0.2, -0.15) is 0 Å². The van der Waals surface area contributed by atoms with E-state index in [0.717, 1.165) is 5.56 Å². The predicted molar refractivity (Wildman–Crippen MR) is 66.3 cm³/mol. The molecule has 2 aliphatic rings. The molecule has 0 aliphatic carbocycles. The predicted octanol–water partition coefficient (Wildman–Crippen LogP) is 0.904. The summed E-state index contributed by atoms with van der Waals surface area (Å²) < 4.78 is 10.7. The second-order valence-electron chi connectivity index (χ2n) is 4.55. The summed E-state index contributed by atoms with van der Waals surface area (Å²) in [5.74, 6) is -0.253. The van der Waals surface area contributed by atoms with Gasteiger partial charge in [0.25, 0.3) is 11.1 Å². The van der Waals surface area contributed by atoms with Crippen LogP contribution in [0.5, 0.6) is 0 Å². The van der Waals surface area contributed by atoms with Crippen molar-refractivity contribution in [2.75, 3.05) is 6.54 Å². The van der Waals surface area contributed by atoms with Crippen LogP contribution in [0.3, 0.4) is 0 Å². The molecule has 2 bridgehead atoms. The highest BCUT2D eigenvalue weighted by Gasteiger charge is 2.50. The van der Waals surface area contributed by atoms with E-state index in [2.05, 4.69) is 0 Å². The number of morpholine rings is 1. The maximum absolute atomic E-state index is 12.2. The number of hydrogen-bond donors (Lipinski definition) is 0. The van der Waals surface area contributed by atoms with Crippen LogP contribution < -0.4 is 0 Å². The number of carbonyl (C=O) groups excluding carboxylic acids is 2. The smallest absolute Gasteiger partial charge is 0.255 e. The lowest BCUT2D eigenvalue weighted by Crippen LogP contribution is -2.49. The van der Waals surface area contributed by atoms with Crippen molar-refractivity contribution >= 4 is 22.8 Å². The fraction of sp³-hybridized carbons (Fsp3) is 0.385. The Morgan fingerprint density at radius 1 is 1.32 bits per heavy atom. The molecular formula is C13H12ClNO4. The first-order valence-electron chi connectivity index (χ1n) is 5.98. The molecule has 3 rings (SSSR count). The number of amides is 1. The molecule has 0 aromatic heterocycles. The molecule has 2 heterocycles. The first-order chi connectivity index (χ1) is 9.15. The lowest BCUT2D eigenvalue weighted by molar-refractivity contribution is -0.162. The van der Waals surface area contributed by atoms with Crippen LogP contribution in [0.4, 0.5) is 0 Å². The molecule has 0 radical (unpaired) electrons. The molecule has 6 heteroatoms.